The SMILES string of the molecule is CCCCN1CCN(c2cc3oc(C)nc3cc2C2CCC(C(C)(C)C)CC2)CC1.Cl. The molecule has 2 aliphatic rings. The number of hydrogen-bond donors (Lipinski definition) is 0. The molecule has 2 heterocycles. The molecule has 31 heavy (non-hydrogen) atoms. The van der Waals surface area contributed by atoms with Crippen molar-refractivity contribution in [2.24, 2.45) is 11.3 Å². The molecule has 1 aromatic carbocycles. The number of aromatic nitrogens is 1. The molecule has 4 rings (SSSR count). The van der Waals surface area contributed by atoms with E-state index in [1.54, 1.807) is 0 Å². The highest BCUT2D eigenvalue weighted by Crippen LogP contribution is 2.46. The first-order chi connectivity index (χ1) is 14.3. The monoisotopic (exact) mass is 447 g/mol. The Kier molecular flexibility index (Phi) is 7.96. The Labute approximate surface area is 195 Å². The zero-order valence-electron chi connectivity index (χ0n) is 20.2. The van der Waals surface area contributed by atoms with Gasteiger partial charge >= 0.3 is 0 Å². The highest BCUT2D eigenvalue weighted by Gasteiger charge is 2.32. The van der Waals surface area contributed by atoms with Crippen LogP contribution < -0.4 is 4.90 Å². The van der Waals surface area contributed by atoms with Crippen LogP contribution in [0.2, 0.25) is 0 Å². The number of oxazole rings is 1. The zero-order chi connectivity index (χ0) is 21.3. The Bertz CT molecular complexity index is 840. The van der Waals surface area contributed by atoms with Gasteiger partial charge in [0.2, 0.25) is 0 Å². The van der Waals surface area contributed by atoms with Gasteiger partial charge in [0.25, 0.3) is 0 Å². The predicted octanol–water partition coefficient (Wildman–Crippen LogP) is 6.80. The normalized spacial score (nSPS) is 23.2. The van der Waals surface area contributed by atoms with Crippen LogP contribution in [0.5, 0.6) is 0 Å². The van der Waals surface area contributed by atoms with Gasteiger partial charge < -0.3 is 9.32 Å². The van der Waals surface area contributed by atoms with Gasteiger partial charge in [0, 0.05) is 44.9 Å². The van der Waals surface area contributed by atoms with Crippen molar-refractivity contribution in [3.8, 4) is 0 Å². The lowest BCUT2D eigenvalue weighted by Crippen LogP contribution is -2.47. The van der Waals surface area contributed by atoms with Gasteiger partial charge in [-0.15, -0.1) is 12.4 Å². The van der Waals surface area contributed by atoms with Gasteiger partial charge in [-0.2, -0.15) is 0 Å². The Morgan fingerprint density at radius 1 is 1.03 bits per heavy atom. The van der Waals surface area contributed by atoms with E-state index < -0.39 is 0 Å². The maximum atomic E-state index is 5.93. The van der Waals surface area contributed by atoms with Gasteiger partial charge in [0.15, 0.2) is 11.5 Å². The van der Waals surface area contributed by atoms with Crippen molar-refractivity contribution in [1.29, 1.82) is 0 Å². The molecular formula is C26H42ClN3O. The first-order valence-electron chi connectivity index (χ1n) is 12.2. The minimum atomic E-state index is 0. The Morgan fingerprint density at radius 3 is 2.32 bits per heavy atom. The van der Waals surface area contributed by atoms with Gasteiger partial charge in [-0.1, -0.05) is 34.1 Å². The van der Waals surface area contributed by atoms with Crippen LogP contribution in [0, 0.1) is 18.3 Å². The summed E-state index contributed by atoms with van der Waals surface area (Å²) in [6.45, 7) is 17.3. The van der Waals surface area contributed by atoms with Crippen LogP contribution in [0.4, 0.5) is 5.69 Å². The second-order valence-electron chi connectivity index (χ2n) is 10.7. The average molecular weight is 448 g/mol. The van der Waals surface area contributed by atoms with Crippen LogP contribution in [0.3, 0.4) is 0 Å². The smallest absolute Gasteiger partial charge is 0.192 e. The molecule has 0 atom stereocenters. The molecule has 4 nitrogen and oxygen atoms in total. The molecule has 0 N–H and O–H groups in total. The molecule has 0 bridgehead atoms. The summed E-state index contributed by atoms with van der Waals surface area (Å²) in [6.07, 6.45) is 7.87. The van der Waals surface area contributed by atoms with E-state index in [0.717, 1.165) is 36.0 Å². The van der Waals surface area contributed by atoms with Crippen LogP contribution in [0.15, 0.2) is 16.5 Å². The van der Waals surface area contributed by atoms with Crippen LogP contribution in [-0.4, -0.2) is 42.6 Å². The topological polar surface area (TPSA) is 32.5 Å². The van der Waals surface area contributed by atoms with Crippen molar-refractivity contribution in [2.45, 2.75) is 79.1 Å². The molecule has 1 saturated carbocycles. The van der Waals surface area contributed by atoms with Crippen LogP contribution >= 0.6 is 12.4 Å². The summed E-state index contributed by atoms with van der Waals surface area (Å²) in [7, 11) is 0. The van der Waals surface area contributed by atoms with E-state index in [1.165, 1.54) is 69.4 Å². The van der Waals surface area contributed by atoms with Crippen molar-refractivity contribution in [1.82, 2.24) is 9.88 Å². The molecule has 1 aliphatic carbocycles. The first kappa shape index (κ1) is 24.4. The van der Waals surface area contributed by atoms with E-state index in [-0.39, 0.29) is 12.4 Å². The van der Waals surface area contributed by atoms with E-state index in [9.17, 15) is 0 Å². The fourth-order valence-corrected chi connectivity index (χ4v) is 5.56. The molecule has 0 radical (unpaired) electrons. The molecule has 1 saturated heterocycles. The lowest BCUT2D eigenvalue weighted by atomic mass is 9.68. The first-order valence-corrected chi connectivity index (χ1v) is 12.2. The number of unbranched alkanes of at least 4 members (excludes halogenated alkanes) is 1. The molecule has 0 unspecified atom stereocenters. The molecule has 0 spiro atoms. The van der Waals surface area contributed by atoms with Crippen molar-refractivity contribution in [2.75, 3.05) is 37.6 Å². The lowest BCUT2D eigenvalue weighted by molar-refractivity contribution is 0.169. The number of nitrogens with zero attached hydrogens (tertiary/aromatic N) is 3. The molecule has 5 heteroatoms. The molecule has 0 amide bonds. The number of hydrogen-bond acceptors (Lipinski definition) is 4. The van der Waals surface area contributed by atoms with E-state index in [0.29, 0.717) is 11.3 Å². The minimum absolute atomic E-state index is 0. The van der Waals surface area contributed by atoms with E-state index in [2.05, 4.69) is 54.6 Å². The fraction of sp³-hybridized carbons (Fsp3) is 0.731. The van der Waals surface area contributed by atoms with Crippen LogP contribution in [0.1, 0.15) is 83.6 Å². The highest BCUT2D eigenvalue weighted by atomic mass is 35.5. The van der Waals surface area contributed by atoms with Crippen LogP contribution in [0.25, 0.3) is 11.1 Å². The second-order valence-corrected chi connectivity index (χ2v) is 10.7. The standard InChI is InChI=1S/C26H41N3O.ClH/c1-6-7-12-28-13-15-29(16-14-28)24-18-25-23(27-19(2)30-25)17-22(24)20-8-10-21(11-9-20)26(3,4)5;/h17-18,20-21H,6-16H2,1-5H3;1H. The third-order valence-electron chi connectivity index (χ3n) is 7.58. The molecule has 2 aromatic rings. The summed E-state index contributed by atoms with van der Waals surface area (Å²) < 4.78 is 5.93. The van der Waals surface area contributed by atoms with Crippen molar-refractivity contribution >= 4 is 29.2 Å². The number of benzene rings is 1. The lowest BCUT2D eigenvalue weighted by Gasteiger charge is -2.40. The Hall–Kier alpha value is -1.26. The van der Waals surface area contributed by atoms with Gasteiger partial charge in [-0.25, -0.2) is 4.98 Å². The summed E-state index contributed by atoms with van der Waals surface area (Å²) >= 11 is 0. The maximum absolute atomic E-state index is 5.93. The van der Waals surface area contributed by atoms with Crippen molar-refractivity contribution in [3.63, 3.8) is 0 Å². The number of anilines is 1. The van der Waals surface area contributed by atoms with Crippen LogP contribution in [-0.2, 0) is 0 Å². The fourth-order valence-electron chi connectivity index (χ4n) is 5.56. The number of rotatable bonds is 5. The third kappa shape index (κ3) is 5.57. The van der Waals surface area contributed by atoms with Gasteiger partial charge in [0.05, 0.1) is 0 Å². The minimum Gasteiger partial charge on any atom is -0.441 e. The third-order valence-corrected chi connectivity index (χ3v) is 7.58. The largest absolute Gasteiger partial charge is 0.441 e. The Balaban J connectivity index is 0.00000272. The summed E-state index contributed by atoms with van der Waals surface area (Å²) in [5.74, 6) is 2.27. The molecular weight excluding hydrogens is 406 g/mol. The quantitative estimate of drug-likeness (QED) is 0.504. The molecule has 174 valence electrons. The number of halogens is 1. The van der Waals surface area contributed by atoms with Crippen molar-refractivity contribution in [3.05, 3.63) is 23.6 Å². The van der Waals surface area contributed by atoms with E-state index in [1.807, 2.05) is 6.92 Å². The maximum Gasteiger partial charge on any atom is 0.192 e. The highest BCUT2D eigenvalue weighted by molar-refractivity contribution is 5.85. The molecule has 2 fully saturated rings. The summed E-state index contributed by atoms with van der Waals surface area (Å²) in [6, 6.07) is 4.65. The Morgan fingerprint density at radius 2 is 1.71 bits per heavy atom. The molecule has 1 aliphatic heterocycles. The summed E-state index contributed by atoms with van der Waals surface area (Å²) in [5, 5.41) is 0. The number of piperazine rings is 1. The second kappa shape index (κ2) is 10.1. The van der Waals surface area contributed by atoms with Gasteiger partial charge in [-0.3, -0.25) is 4.90 Å². The zero-order valence-corrected chi connectivity index (χ0v) is 21.1. The molecule has 1 aromatic heterocycles. The summed E-state index contributed by atoms with van der Waals surface area (Å²) in [4.78, 5) is 9.91. The van der Waals surface area contributed by atoms with E-state index in [4.69, 9.17) is 4.42 Å². The predicted molar refractivity (Wildman–Crippen MR) is 134 cm³/mol. The number of aryl methyl sites for hydroxylation is 1. The van der Waals surface area contributed by atoms with Crippen molar-refractivity contribution < 1.29 is 4.42 Å². The van der Waals surface area contributed by atoms with Gasteiger partial charge in [-0.05, 0) is 67.5 Å². The van der Waals surface area contributed by atoms with E-state index >= 15 is 0 Å². The van der Waals surface area contributed by atoms with Gasteiger partial charge in [0.1, 0.15) is 5.52 Å². The summed E-state index contributed by atoms with van der Waals surface area (Å²) in [5.41, 5.74) is 5.34. The average Bonchev–Trinajstić information content (AvgIpc) is 3.10. The number of fused-ring (bicyclic) bond motifs is 1.